The summed E-state index contributed by atoms with van der Waals surface area (Å²) in [4.78, 5) is 20.6. The van der Waals surface area contributed by atoms with E-state index in [1.54, 1.807) is 0 Å². The molecule has 1 aliphatic heterocycles. The SMILES string of the molecule is Cc1ccc2nc(N3CCC(N)CC3)ccc2c1NC(=O)CC12CC3CC(CC(C3)C1)C2.Cl. The minimum absolute atomic E-state index is 0. The Bertz CT molecular complexity index is 1010. The van der Waals surface area contributed by atoms with Crippen molar-refractivity contribution in [3.05, 3.63) is 29.8 Å². The lowest BCUT2D eigenvalue weighted by atomic mass is 9.49. The van der Waals surface area contributed by atoms with Crippen molar-refractivity contribution in [1.82, 2.24) is 4.98 Å². The molecule has 0 unspecified atom stereocenters. The number of halogens is 1. The Balaban J connectivity index is 0.00000228. The zero-order chi connectivity index (χ0) is 21.9. The number of hydrogen-bond donors (Lipinski definition) is 2. The Morgan fingerprint density at radius 1 is 1.06 bits per heavy atom. The Morgan fingerprint density at radius 2 is 1.70 bits per heavy atom. The number of hydrogen-bond acceptors (Lipinski definition) is 4. The standard InChI is InChI=1S/C27H36N4O.ClH/c1-17-2-4-23-22(3-5-24(29-23)31-8-6-21(28)7-9-31)26(17)30-25(32)16-27-13-18-10-19(14-27)12-20(11-18)15-27;/h2-5,18-21H,6-16,28H2,1H3,(H,30,32);1H. The van der Waals surface area contributed by atoms with Gasteiger partial charge in [0.25, 0.3) is 0 Å². The second-order valence-electron chi connectivity index (χ2n) is 11.5. The average molecular weight is 469 g/mol. The van der Waals surface area contributed by atoms with E-state index in [0.29, 0.717) is 12.5 Å². The highest BCUT2D eigenvalue weighted by Crippen LogP contribution is 2.61. The molecule has 1 aromatic carbocycles. The lowest BCUT2D eigenvalue weighted by molar-refractivity contribution is -0.124. The van der Waals surface area contributed by atoms with Crippen LogP contribution in [0.1, 0.15) is 63.4 Å². The summed E-state index contributed by atoms with van der Waals surface area (Å²) in [6.45, 7) is 4.00. The van der Waals surface area contributed by atoms with Gasteiger partial charge in [-0.25, -0.2) is 4.98 Å². The van der Waals surface area contributed by atoms with Gasteiger partial charge in [0.15, 0.2) is 0 Å². The lowest BCUT2D eigenvalue weighted by Crippen LogP contribution is -2.47. The zero-order valence-corrected chi connectivity index (χ0v) is 20.5. The molecule has 2 aromatic rings. The number of nitrogens with two attached hydrogens (primary N) is 1. The van der Waals surface area contributed by atoms with Crippen molar-refractivity contribution in [2.24, 2.45) is 28.9 Å². The van der Waals surface area contributed by atoms with Crippen LogP contribution in [0, 0.1) is 30.1 Å². The van der Waals surface area contributed by atoms with E-state index in [2.05, 4.69) is 41.4 Å². The third-order valence-corrected chi connectivity index (χ3v) is 8.89. The molecule has 5 fully saturated rings. The molecule has 33 heavy (non-hydrogen) atoms. The number of carbonyl (C=O) groups is 1. The van der Waals surface area contributed by atoms with Crippen molar-refractivity contribution in [1.29, 1.82) is 0 Å². The van der Waals surface area contributed by atoms with Crippen LogP contribution < -0.4 is 16.0 Å². The normalized spacial score (nSPS) is 31.0. The fourth-order valence-corrected chi connectivity index (χ4v) is 7.80. The maximum absolute atomic E-state index is 13.3. The van der Waals surface area contributed by atoms with E-state index < -0.39 is 0 Å². The van der Waals surface area contributed by atoms with E-state index in [9.17, 15) is 4.79 Å². The number of rotatable bonds is 4. The first-order valence-electron chi connectivity index (χ1n) is 12.7. The first kappa shape index (κ1) is 22.9. The van der Waals surface area contributed by atoms with Gasteiger partial charge in [0, 0.05) is 30.9 Å². The van der Waals surface area contributed by atoms with E-state index in [-0.39, 0.29) is 23.7 Å². The van der Waals surface area contributed by atoms with Crippen LogP contribution in [0.2, 0.25) is 0 Å². The van der Waals surface area contributed by atoms with Gasteiger partial charge in [-0.1, -0.05) is 6.07 Å². The van der Waals surface area contributed by atoms with Crippen LogP contribution in [0.3, 0.4) is 0 Å². The summed E-state index contributed by atoms with van der Waals surface area (Å²) < 4.78 is 0. The molecule has 178 valence electrons. The number of aryl methyl sites for hydroxylation is 1. The predicted octanol–water partition coefficient (Wildman–Crippen LogP) is 5.44. The summed E-state index contributed by atoms with van der Waals surface area (Å²) in [6, 6.07) is 8.72. The molecule has 6 heteroatoms. The fourth-order valence-electron chi connectivity index (χ4n) is 7.80. The Hall–Kier alpha value is -1.85. The number of carbonyl (C=O) groups excluding carboxylic acids is 1. The second-order valence-corrected chi connectivity index (χ2v) is 11.5. The number of fused-ring (bicyclic) bond motifs is 1. The number of piperidine rings is 1. The molecule has 2 heterocycles. The first-order chi connectivity index (χ1) is 15.5. The summed E-state index contributed by atoms with van der Waals surface area (Å²) in [5.74, 6) is 3.83. The van der Waals surface area contributed by atoms with Crippen molar-refractivity contribution in [3.8, 4) is 0 Å². The number of pyridine rings is 1. The molecule has 4 saturated carbocycles. The quantitative estimate of drug-likeness (QED) is 0.626. The van der Waals surface area contributed by atoms with Gasteiger partial charge in [-0.2, -0.15) is 0 Å². The Morgan fingerprint density at radius 3 is 2.33 bits per heavy atom. The number of nitrogens with zero attached hydrogens (tertiary/aromatic N) is 2. The number of nitrogens with one attached hydrogen (secondary N) is 1. The summed E-state index contributed by atoms with van der Waals surface area (Å²) >= 11 is 0. The predicted molar refractivity (Wildman–Crippen MR) is 137 cm³/mol. The van der Waals surface area contributed by atoms with Gasteiger partial charge in [-0.15, -0.1) is 12.4 Å². The van der Waals surface area contributed by atoms with Crippen LogP contribution in [-0.4, -0.2) is 30.0 Å². The van der Waals surface area contributed by atoms with E-state index in [4.69, 9.17) is 10.7 Å². The minimum Gasteiger partial charge on any atom is -0.356 e. The van der Waals surface area contributed by atoms with Crippen molar-refractivity contribution in [2.45, 2.75) is 70.8 Å². The lowest BCUT2D eigenvalue weighted by Gasteiger charge is -2.56. The molecular formula is C27H37ClN4O. The minimum atomic E-state index is 0. The molecule has 5 nitrogen and oxygen atoms in total. The van der Waals surface area contributed by atoms with Gasteiger partial charge in [0.05, 0.1) is 11.2 Å². The van der Waals surface area contributed by atoms with E-state index in [1.165, 1.54) is 38.5 Å². The highest BCUT2D eigenvalue weighted by Gasteiger charge is 2.51. The van der Waals surface area contributed by atoms with Gasteiger partial charge in [-0.3, -0.25) is 4.79 Å². The van der Waals surface area contributed by atoms with Crippen LogP contribution >= 0.6 is 12.4 Å². The summed E-state index contributed by atoms with van der Waals surface area (Å²) in [5, 5.41) is 4.37. The monoisotopic (exact) mass is 468 g/mol. The van der Waals surface area contributed by atoms with Crippen molar-refractivity contribution in [2.75, 3.05) is 23.3 Å². The number of anilines is 2. The molecule has 4 bridgehead atoms. The van der Waals surface area contributed by atoms with Crippen LogP contribution in [0.5, 0.6) is 0 Å². The molecule has 4 aliphatic carbocycles. The smallest absolute Gasteiger partial charge is 0.224 e. The van der Waals surface area contributed by atoms with E-state index >= 15 is 0 Å². The van der Waals surface area contributed by atoms with Gasteiger partial charge >= 0.3 is 0 Å². The third kappa shape index (κ3) is 4.35. The number of benzene rings is 1. The van der Waals surface area contributed by atoms with Crippen LogP contribution in [0.15, 0.2) is 24.3 Å². The fraction of sp³-hybridized carbons (Fsp3) is 0.630. The molecule has 0 spiro atoms. The Kier molecular flexibility index (Phi) is 6.07. The molecule has 5 aliphatic rings. The van der Waals surface area contributed by atoms with E-state index in [0.717, 1.165) is 71.7 Å². The molecule has 1 amide bonds. The van der Waals surface area contributed by atoms with Gasteiger partial charge in [0.2, 0.25) is 5.91 Å². The largest absolute Gasteiger partial charge is 0.356 e. The highest BCUT2D eigenvalue weighted by atomic mass is 35.5. The van der Waals surface area contributed by atoms with Gasteiger partial charge in [-0.05, 0) is 105 Å². The van der Waals surface area contributed by atoms with Crippen molar-refractivity contribution >= 4 is 40.7 Å². The topological polar surface area (TPSA) is 71.2 Å². The van der Waals surface area contributed by atoms with Gasteiger partial charge in [0.1, 0.15) is 5.82 Å². The van der Waals surface area contributed by atoms with E-state index in [1.807, 2.05) is 0 Å². The van der Waals surface area contributed by atoms with Crippen LogP contribution in [0.4, 0.5) is 11.5 Å². The molecule has 1 aromatic heterocycles. The molecule has 0 radical (unpaired) electrons. The first-order valence-corrected chi connectivity index (χ1v) is 12.7. The summed E-state index contributed by atoms with van der Waals surface area (Å²) in [6.07, 6.45) is 10.8. The van der Waals surface area contributed by atoms with Crippen LogP contribution in [0.25, 0.3) is 10.9 Å². The highest BCUT2D eigenvalue weighted by molar-refractivity contribution is 6.02. The molecule has 3 N–H and O–H groups in total. The third-order valence-electron chi connectivity index (χ3n) is 8.89. The molecule has 1 saturated heterocycles. The maximum atomic E-state index is 13.3. The van der Waals surface area contributed by atoms with Crippen molar-refractivity contribution < 1.29 is 4.79 Å². The number of amides is 1. The summed E-state index contributed by atoms with van der Waals surface area (Å²) in [5.41, 5.74) is 9.33. The molecule has 0 atom stereocenters. The summed E-state index contributed by atoms with van der Waals surface area (Å²) in [7, 11) is 0. The second kappa shape index (κ2) is 8.74. The molecular weight excluding hydrogens is 432 g/mol. The zero-order valence-electron chi connectivity index (χ0n) is 19.7. The average Bonchev–Trinajstić information content (AvgIpc) is 2.74. The maximum Gasteiger partial charge on any atom is 0.224 e. The Labute approximate surface area is 203 Å². The molecule has 7 rings (SSSR count). The van der Waals surface area contributed by atoms with Crippen molar-refractivity contribution in [3.63, 3.8) is 0 Å². The van der Waals surface area contributed by atoms with Gasteiger partial charge < -0.3 is 16.0 Å². The number of aromatic nitrogens is 1. The van der Waals surface area contributed by atoms with Crippen LogP contribution in [-0.2, 0) is 4.79 Å².